The summed E-state index contributed by atoms with van der Waals surface area (Å²) < 4.78 is 11.1. The van der Waals surface area contributed by atoms with Crippen LogP contribution in [0.4, 0.5) is 5.69 Å². The summed E-state index contributed by atoms with van der Waals surface area (Å²) in [5, 5.41) is 3.11. The van der Waals surface area contributed by atoms with Gasteiger partial charge in [0, 0.05) is 6.07 Å². The summed E-state index contributed by atoms with van der Waals surface area (Å²) in [4.78, 5) is 4.43. The van der Waals surface area contributed by atoms with Crippen LogP contribution < -0.4 is 20.5 Å². The molecular weight excluding hydrogens is 254 g/mol. The van der Waals surface area contributed by atoms with E-state index in [0.29, 0.717) is 31.1 Å². The van der Waals surface area contributed by atoms with Gasteiger partial charge < -0.3 is 20.5 Å². The second-order valence-electron chi connectivity index (χ2n) is 4.94. The highest BCUT2D eigenvalue weighted by molar-refractivity contribution is 5.94. The highest BCUT2D eigenvalue weighted by atomic mass is 16.5. The molecule has 0 heterocycles. The number of ether oxygens (including phenoxy) is 2. The third-order valence-corrected chi connectivity index (χ3v) is 3.20. The van der Waals surface area contributed by atoms with Gasteiger partial charge in [0.15, 0.2) is 5.96 Å². The molecule has 0 spiro atoms. The molecule has 1 saturated carbocycles. The van der Waals surface area contributed by atoms with Gasteiger partial charge in [-0.1, -0.05) is 6.92 Å². The molecule has 0 amide bonds. The minimum Gasteiger partial charge on any atom is -0.494 e. The molecule has 5 heteroatoms. The topological polar surface area (TPSA) is 68.9 Å². The van der Waals surface area contributed by atoms with Gasteiger partial charge in [0.25, 0.3) is 0 Å². The lowest BCUT2D eigenvalue weighted by molar-refractivity contribution is 0.332. The summed E-state index contributed by atoms with van der Waals surface area (Å²) in [6, 6.07) is 6.00. The fourth-order valence-corrected chi connectivity index (χ4v) is 1.98. The zero-order chi connectivity index (χ0) is 14.5. The maximum absolute atomic E-state index is 5.94. The first-order valence-corrected chi connectivity index (χ1v) is 7.14. The van der Waals surface area contributed by atoms with E-state index in [9.17, 15) is 0 Å². The fraction of sp³-hybridized carbons (Fsp3) is 0.533. The first-order valence-electron chi connectivity index (χ1n) is 7.14. The van der Waals surface area contributed by atoms with E-state index in [1.807, 2.05) is 32.0 Å². The van der Waals surface area contributed by atoms with E-state index < -0.39 is 0 Å². The number of guanidine groups is 1. The normalized spacial score (nSPS) is 21.4. The SMILES string of the molecule is CCOc1ccc(OCC)c(NC(N)=NC2CC2C)c1. The van der Waals surface area contributed by atoms with Crippen molar-refractivity contribution in [3.05, 3.63) is 18.2 Å². The minimum absolute atomic E-state index is 0.355. The summed E-state index contributed by atoms with van der Waals surface area (Å²) in [6.45, 7) is 7.29. The molecule has 1 fully saturated rings. The van der Waals surface area contributed by atoms with Crippen LogP contribution >= 0.6 is 0 Å². The Bertz CT molecular complexity index is 488. The number of aliphatic imine (C=N–C) groups is 1. The van der Waals surface area contributed by atoms with Gasteiger partial charge in [-0.3, -0.25) is 0 Å². The molecule has 0 aromatic heterocycles. The molecule has 0 aliphatic heterocycles. The van der Waals surface area contributed by atoms with Crippen LogP contribution in [0.2, 0.25) is 0 Å². The van der Waals surface area contributed by atoms with Crippen LogP contribution in [0, 0.1) is 5.92 Å². The number of nitrogens with one attached hydrogen (secondary N) is 1. The molecule has 0 saturated heterocycles. The average molecular weight is 277 g/mol. The monoisotopic (exact) mass is 277 g/mol. The molecule has 5 nitrogen and oxygen atoms in total. The molecule has 1 aliphatic rings. The predicted octanol–water partition coefficient (Wildman–Crippen LogP) is 2.62. The smallest absolute Gasteiger partial charge is 0.193 e. The average Bonchev–Trinajstić information content (AvgIpc) is 3.08. The number of anilines is 1. The van der Waals surface area contributed by atoms with Crippen molar-refractivity contribution in [2.24, 2.45) is 16.6 Å². The van der Waals surface area contributed by atoms with E-state index in [1.54, 1.807) is 0 Å². The minimum atomic E-state index is 0.355. The molecule has 110 valence electrons. The molecule has 2 rings (SSSR count). The largest absolute Gasteiger partial charge is 0.494 e. The third kappa shape index (κ3) is 3.79. The second-order valence-corrected chi connectivity index (χ2v) is 4.94. The van der Waals surface area contributed by atoms with E-state index in [2.05, 4.69) is 17.2 Å². The lowest BCUT2D eigenvalue weighted by atomic mass is 10.2. The van der Waals surface area contributed by atoms with Crippen molar-refractivity contribution in [1.29, 1.82) is 0 Å². The lowest BCUT2D eigenvalue weighted by Crippen LogP contribution is -2.23. The standard InChI is InChI=1S/C15H23N3O2/c1-4-19-11-6-7-14(20-5-2)13(9-11)18-15(16)17-12-8-10(12)3/h6-7,9-10,12H,4-5,8H2,1-3H3,(H3,16,17,18). The van der Waals surface area contributed by atoms with Gasteiger partial charge in [-0.05, 0) is 38.3 Å². The zero-order valence-corrected chi connectivity index (χ0v) is 12.3. The first kappa shape index (κ1) is 14.5. The maximum Gasteiger partial charge on any atom is 0.193 e. The predicted molar refractivity (Wildman–Crippen MR) is 81.6 cm³/mol. The molecule has 1 aliphatic carbocycles. The van der Waals surface area contributed by atoms with Gasteiger partial charge in [0.2, 0.25) is 0 Å². The third-order valence-electron chi connectivity index (χ3n) is 3.20. The molecule has 1 aromatic rings. The number of nitrogens with two attached hydrogens (primary N) is 1. The number of benzene rings is 1. The molecule has 0 radical (unpaired) electrons. The van der Waals surface area contributed by atoms with E-state index in [-0.39, 0.29) is 0 Å². The van der Waals surface area contributed by atoms with Gasteiger partial charge in [0.1, 0.15) is 11.5 Å². The Morgan fingerprint density at radius 1 is 1.35 bits per heavy atom. The number of hydrogen-bond donors (Lipinski definition) is 2. The molecule has 20 heavy (non-hydrogen) atoms. The van der Waals surface area contributed by atoms with Gasteiger partial charge in [-0.25, -0.2) is 4.99 Å². The number of rotatable bonds is 6. The Kier molecular flexibility index (Phi) is 4.71. The van der Waals surface area contributed by atoms with Crippen molar-refractivity contribution in [3.8, 4) is 11.5 Å². The zero-order valence-electron chi connectivity index (χ0n) is 12.3. The molecule has 2 atom stereocenters. The number of nitrogens with zero attached hydrogens (tertiary/aromatic N) is 1. The van der Waals surface area contributed by atoms with Crippen molar-refractivity contribution in [2.75, 3.05) is 18.5 Å². The van der Waals surface area contributed by atoms with E-state index >= 15 is 0 Å². The fourth-order valence-electron chi connectivity index (χ4n) is 1.98. The summed E-state index contributed by atoms with van der Waals surface area (Å²) in [7, 11) is 0. The molecule has 1 aromatic carbocycles. The van der Waals surface area contributed by atoms with Gasteiger partial charge in [-0.15, -0.1) is 0 Å². The Morgan fingerprint density at radius 2 is 2.05 bits per heavy atom. The van der Waals surface area contributed by atoms with Gasteiger partial charge >= 0.3 is 0 Å². The van der Waals surface area contributed by atoms with Crippen LogP contribution in [-0.2, 0) is 0 Å². The Morgan fingerprint density at radius 3 is 2.65 bits per heavy atom. The Hall–Kier alpha value is -1.91. The van der Waals surface area contributed by atoms with Crippen LogP contribution in [0.3, 0.4) is 0 Å². The van der Waals surface area contributed by atoms with Crippen molar-refractivity contribution in [3.63, 3.8) is 0 Å². The molecule has 0 bridgehead atoms. The second kappa shape index (κ2) is 6.50. The van der Waals surface area contributed by atoms with Gasteiger partial charge in [0.05, 0.1) is 24.9 Å². The van der Waals surface area contributed by atoms with Crippen LogP contribution in [0.1, 0.15) is 27.2 Å². The summed E-state index contributed by atoms with van der Waals surface area (Å²) in [5.41, 5.74) is 6.73. The summed E-state index contributed by atoms with van der Waals surface area (Å²) in [5.74, 6) is 2.59. The molecule has 2 unspecified atom stereocenters. The Labute approximate surface area is 120 Å². The Balaban J connectivity index is 2.13. The van der Waals surface area contributed by atoms with Crippen LogP contribution in [0.5, 0.6) is 11.5 Å². The molecular formula is C15H23N3O2. The highest BCUT2D eigenvalue weighted by Crippen LogP contribution is 2.33. The van der Waals surface area contributed by atoms with Crippen molar-refractivity contribution < 1.29 is 9.47 Å². The van der Waals surface area contributed by atoms with Crippen LogP contribution in [0.25, 0.3) is 0 Å². The lowest BCUT2D eigenvalue weighted by Gasteiger charge is -2.13. The van der Waals surface area contributed by atoms with E-state index in [0.717, 1.165) is 23.6 Å². The van der Waals surface area contributed by atoms with Crippen molar-refractivity contribution in [2.45, 2.75) is 33.2 Å². The van der Waals surface area contributed by atoms with Crippen LogP contribution in [0.15, 0.2) is 23.2 Å². The quantitative estimate of drug-likeness (QED) is 0.619. The van der Waals surface area contributed by atoms with Gasteiger partial charge in [-0.2, -0.15) is 0 Å². The van der Waals surface area contributed by atoms with E-state index in [1.165, 1.54) is 0 Å². The number of hydrogen-bond acceptors (Lipinski definition) is 3. The van der Waals surface area contributed by atoms with Crippen molar-refractivity contribution >= 4 is 11.6 Å². The van der Waals surface area contributed by atoms with E-state index in [4.69, 9.17) is 15.2 Å². The maximum atomic E-state index is 5.94. The first-order chi connectivity index (χ1) is 9.63. The summed E-state index contributed by atoms with van der Waals surface area (Å²) >= 11 is 0. The highest BCUT2D eigenvalue weighted by Gasteiger charge is 2.32. The molecule has 3 N–H and O–H groups in total. The van der Waals surface area contributed by atoms with Crippen molar-refractivity contribution in [1.82, 2.24) is 0 Å². The van der Waals surface area contributed by atoms with Crippen LogP contribution in [-0.4, -0.2) is 25.2 Å². The summed E-state index contributed by atoms with van der Waals surface area (Å²) in [6.07, 6.45) is 1.11.